The Balaban J connectivity index is 1.33. The SMILES string of the molecule is C[C@]12CC3=C(C=C1CCC[C@@]2(N)CCc1ccccc1Cl)CC(Cc1ccc(F)cc1)N=C3. The number of nitrogens with zero attached hydrogens (tertiary/aromatic N) is 1. The third kappa shape index (κ3) is 4.34. The fourth-order valence-corrected chi connectivity index (χ4v) is 6.31. The fraction of sp³-hybridized carbons (Fsp3) is 0.414. The predicted octanol–water partition coefficient (Wildman–Crippen LogP) is 7.01. The number of fused-ring (bicyclic) bond motifs is 1. The van der Waals surface area contributed by atoms with Crippen LogP contribution in [0.2, 0.25) is 5.02 Å². The van der Waals surface area contributed by atoms with E-state index >= 15 is 0 Å². The Morgan fingerprint density at radius 2 is 1.91 bits per heavy atom. The minimum absolute atomic E-state index is 0.0544. The fourth-order valence-electron chi connectivity index (χ4n) is 6.08. The first-order valence-corrected chi connectivity index (χ1v) is 12.5. The molecule has 2 aliphatic carbocycles. The summed E-state index contributed by atoms with van der Waals surface area (Å²) < 4.78 is 13.3. The number of halogens is 2. The topological polar surface area (TPSA) is 38.4 Å². The van der Waals surface area contributed by atoms with Crippen LogP contribution in [-0.2, 0) is 12.8 Å². The van der Waals surface area contributed by atoms with Crippen molar-refractivity contribution in [1.29, 1.82) is 0 Å². The average molecular weight is 463 g/mol. The van der Waals surface area contributed by atoms with E-state index in [1.54, 1.807) is 0 Å². The largest absolute Gasteiger partial charge is 0.324 e. The van der Waals surface area contributed by atoms with Crippen molar-refractivity contribution in [2.24, 2.45) is 16.1 Å². The molecule has 1 heterocycles. The number of aliphatic imine (C=N–C) groups is 1. The Bertz CT molecular complexity index is 1130. The number of hydrogen-bond donors (Lipinski definition) is 1. The molecular weight excluding hydrogens is 431 g/mol. The van der Waals surface area contributed by atoms with Crippen LogP contribution in [-0.4, -0.2) is 17.8 Å². The third-order valence-electron chi connectivity index (χ3n) is 8.26. The lowest BCUT2D eigenvalue weighted by Crippen LogP contribution is -2.58. The van der Waals surface area contributed by atoms with Crippen LogP contribution in [0.25, 0.3) is 0 Å². The summed E-state index contributed by atoms with van der Waals surface area (Å²) in [6.07, 6.45) is 12.4. The Morgan fingerprint density at radius 1 is 1.12 bits per heavy atom. The molecule has 1 unspecified atom stereocenters. The van der Waals surface area contributed by atoms with Crippen LogP contribution in [0.15, 0.2) is 76.3 Å². The quantitative estimate of drug-likeness (QED) is 0.509. The van der Waals surface area contributed by atoms with Crippen molar-refractivity contribution >= 4 is 17.8 Å². The molecule has 5 rings (SSSR count). The first kappa shape index (κ1) is 22.6. The smallest absolute Gasteiger partial charge is 0.123 e. The molecule has 1 saturated carbocycles. The molecular formula is C29H32ClFN2. The molecule has 2 nitrogen and oxygen atoms in total. The highest BCUT2D eigenvalue weighted by molar-refractivity contribution is 6.31. The Hall–Kier alpha value is -2.23. The van der Waals surface area contributed by atoms with Crippen molar-refractivity contribution in [2.45, 2.75) is 69.9 Å². The van der Waals surface area contributed by atoms with Gasteiger partial charge >= 0.3 is 0 Å². The molecule has 0 spiro atoms. The van der Waals surface area contributed by atoms with Crippen LogP contribution in [0.4, 0.5) is 4.39 Å². The van der Waals surface area contributed by atoms with E-state index < -0.39 is 0 Å². The van der Waals surface area contributed by atoms with E-state index in [0.29, 0.717) is 0 Å². The summed E-state index contributed by atoms with van der Waals surface area (Å²) in [5, 5.41) is 0.832. The van der Waals surface area contributed by atoms with Gasteiger partial charge in [0.15, 0.2) is 0 Å². The average Bonchev–Trinajstić information content (AvgIpc) is 2.80. The van der Waals surface area contributed by atoms with Crippen molar-refractivity contribution in [3.8, 4) is 0 Å². The van der Waals surface area contributed by atoms with Crippen molar-refractivity contribution in [3.63, 3.8) is 0 Å². The van der Waals surface area contributed by atoms with Crippen LogP contribution >= 0.6 is 11.6 Å². The number of rotatable bonds is 5. The maximum Gasteiger partial charge on any atom is 0.123 e. The Kier molecular flexibility index (Phi) is 6.05. The summed E-state index contributed by atoms with van der Waals surface area (Å²) in [6.45, 7) is 2.37. The second-order valence-electron chi connectivity index (χ2n) is 10.3. The van der Waals surface area contributed by atoms with Gasteiger partial charge in [-0.05, 0) is 91.8 Å². The number of dihydropyridines is 1. The van der Waals surface area contributed by atoms with Gasteiger partial charge in [-0.2, -0.15) is 0 Å². The van der Waals surface area contributed by atoms with Crippen molar-refractivity contribution < 1.29 is 4.39 Å². The van der Waals surface area contributed by atoms with Gasteiger partial charge in [0.25, 0.3) is 0 Å². The first-order chi connectivity index (χ1) is 15.9. The number of allylic oxidation sites excluding steroid dienone is 2. The zero-order chi connectivity index (χ0) is 23.1. The molecule has 172 valence electrons. The molecule has 2 aromatic rings. The number of benzene rings is 2. The molecule has 2 aromatic carbocycles. The van der Waals surface area contributed by atoms with Crippen molar-refractivity contribution in [1.82, 2.24) is 0 Å². The highest BCUT2D eigenvalue weighted by Gasteiger charge is 2.51. The minimum atomic E-state index is -0.256. The Labute approximate surface area is 201 Å². The van der Waals surface area contributed by atoms with E-state index in [2.05, 4.69) is 31.3 Å². The molecule has 0 radical (unpaired) electrons. The van der Waals surface area contributed by atoms with Gasteiger partial charge in [-0.3, -0.25) is 4.99 Å². The van der Waals surface area contributed by atoms with E-state index in [1.165, 1.54) is 34.4 Å². The van der Waals surface area contributed by atoms with Gasteiger partial charge in [0.1, 0.15) is 5.82 Å². The van der Waals surface area contributed by atoms with Crippen LogP contribution in [0, 0.1) is 11.2 Å². The summed E-state index contributed by atoms with van der Waals surface area (Å²) in [4.78, 5) is 4.89. The summed E-state index contributed by atoms with van der Waals surface area (Å²) in [7, 11) is 0. The standard InChI is InChI=1S/C29H32ClFN2/c1-28-18-23-19-33-26(15-20-8-10-25(31)11-9-20)17-22(23)16-24(28)6-4-13-29(28,32)14-12-21-5-2-3-7-27(21)30/h2-3,5,7-11,16,19,26H,4,6,12-15,17-18,32H2,1H3/t26?,28-,29+/m0/s1. The molecule has 0 aromatic heterocycles. The number of aryl methyl sites for hydroxylation is 1. The van der Waals surface area contributed by atoms with Gasteiger partial charge in [0, 0.05) is 22.2 Å². The summed E-state index contributed by atoms with van der Waals surface area (Å²) >= 11 is 6.43. The van der Waals surface area contributed by atoms with Crippen LogP contribution < -0.4 is 5.73 Å². The van der Waals surface area contributed by atoms with E-state index in [1.807, 2.05) is 24.3 Å². The van der Waals surface area contributed by atoms with E-state index in [0.717, 1.165) is 62.0 Å². The molecule has 1 fully saturated rings. The van der Waals surface area contributed by atoms with Gasteiger partial charge in [-0.15, -0.1) is 0 Å². The predicted molar refractivity (Wildman–Crippen MR) is 135 cm³/mol. The molecule has 0 saturated heterocycles. The number of nitrogens with two attached hydrogens (primary N) is 1. The zero-order valence-electron chi connectivity index (χ0n) is 19.3. The molecule has 3 atom stereocenters. The zero-order valence-corrected chi connectivity index (χ0v) is 20.0. The van der Waals surface area contributed by atoms with E-state index in [4.69, 9.17) is 22.3 Å². The van der Waals surface area contributed by atoms with E-state index in [9.17, 15) is 4.39 Å². The van der Waals surface area contributed by atoms with Gasteiger partial charge in [-0.1, -0.05) is 60.5 Å². The lowest BCUT2D eigenvalue weighted by Gasteiger charge is -2.54. The third-order valence-corrected chi connectivity index (χ3v) is 8.63. The van der Waals surface area contributed by atoms with Gasteiger partial charge in [0.05, 0.1) is 6.04 Å². The molecule has 4 heteroatoms. The molecule has 0 amide bonds. The Morgan fingerprint density at radius 3 is 2.70 bits per heavy atom. The van der Waals surface area contributed by atoms with Crippen molar-refractivity contribution in [2.75, 3.05) is 0 Å². The van der Waals surface area contributed by atoms with E-state index in [-0.39, 0.29) is 22.8 Å². The maximum absolute atomic E-state index is 13.3. The molecule has 2 N–H and O–H groups in total. The molecule has 33 heavy (non-hydrogen) atoms. The molecule has 3 aliphatic rings. The van der Waals surface area contributed by atoms with Crippen molar-refractivity contribution in [3.05, 3.63) is 93.3 Å². The minimum Gasteiger partial charge on any atom is -0.324 e. The second kappa shape index (κ2) is 8.85. The summed E-state index contributed by atoms with van der Waals surface area (Å²) in [6, 6.07) is 15.1. The van der Waals surface area contributed by atoms with Gasteiger partial charge < -0.3 is 5.73 Å². The summed E-state index contributed by atoms with van der Waals surface area (Å²) in [5.41, 5.74) is 13.5. The first-order valence-electron chi connectivity index (χ1n) is 12.1. The highest BCUT2D eigenvalue weighted by Crippen LogP contribution is 2.55. The normalized spacial score (nSPS) is 28.8. The molecule has 0 bridgehead atoms. The molecule has 1 aliphatic heterocycles. The van der Waals surface area contributed by atoms with Gasteiger partial charge in [-0.25, -0.2) is 4.39 Å². The monoisotopic (exact) mass is 462 g/mol. The van der Waals surface area contributed by atoms with Crippen LogP contribution in [0.5, 0.6) is 0 Å². The lowest BCUT2D eigenvalue weighted by atomic mass is 9.54. The maximum atomic E-state index is 13.3. The highest BCUT2D eigenvalue weighted by atomic mass is 35.5. The van der Waals surface area contributed by atoms with Gasteiger partial charge in [0.2, 0.25) is 0 Å². The second-order valence-corrected chi connectivity index (χ2v) is 10.7. The van der Waals surface area contributed by atoms with Crippen LogP contribution in [0.1, 0.15) is 56.6 Å². The lowest BCUT2D eigenvalue weighted by molar-refractivity contribution is 0.126. The summed E-state index contributed by atoms with van der Waals surface area (Å²) in [5.74, 6) is -0.190. The number of hydrogen-bond acceptors (Lipinski definition) is 2. The van der Waals surface area contributed by atoms with Crippen LogP contribution in [0.3, 0.4) is 0 Å².